The van der Waals surface area contributed by atoms with Gasteiger partial charge in [-0.15, -0.1) is 10.2 Å². The van der Waals surface area contributed by atoms with Crippen LogP contribution in [0.25, 0.3) is 11.3 Å². The fourth-order valence-electron chi connectivity index (χ4n) is 5.79. The van der Waals surface area contributed by atoms with Gasteiger partial charge in [0.25, 0.3) is 5.88 Å². The average Bonchev–Trinajstić information content (AvgIpc) is 3.43. The van der Waals surface area contributed by atoms with Crippen molar-refractivity contribution in [3.05, 3.63) is 42.7 Å². The second-order valence-corrected chi connectivity index (χ2v) is 9.93. The number of aromatic hydroxyl groups is 1. The number of piperidine rings is 1. The van der Waals surface area contributed by atoms with E-state index < -0.39 is 0 Å². The Balaban J connectivity index is 1.08. The maximum Gasteiger partial charge on any atom is 0.254 e. The number of piperazine rings is 1. The highest BCUT2D eigenvalue weighted by molar-refractivity contribution is 5.76. The lowest BCUT2D eigenvalue weighted by atomic mass is 9.96. The molecule has 2 N–H and O–H groups in total. The molecular weight excluding hydrogens is 458 g/mol. The van der Waals surface area contributed by atoms with Gasteiger partial charge >= 0.3 is 0 Å². The zero-order chi connectivity index (χ0) is 24.5. The summed E-state index contributed by atoms with van der Waals surface area (Å²) in [6.45, 7) is 8.99. The molecule has 6 rings (SSSR count). The summed E-state index contributed by atoms with van der Waals surface area (Å²) < 4.78 is 10.5. The summed E-state index contributed by atoms with van der Waals surface area (Å²) >= 11 is 0. The van der Waals surface area contributed by atoms with Crippen molar-refractivity contribution in [2.75, 3.05) is 56.1 Å². The largest absolute Gasteiger partial charge is 0.507 e. The standard InChI is InChI=1S/C26H33N7O3/c1-18-23-17-32(19-6-9-31(10-7-19)13-15-35-25-8-14-36-30-25)11-12-33(23)22-16-21(28-29-26(22)27-18)20-4-2-3-5-24(20)34/h2-5,8,14,16,18-19,23,34H,6-7,9-13,15,17H2,1H3,(H,27,29). The molecule has 0 spiro atoms. The Hall–Kier alpha value is -3.37. The third-order valence-electron chi connectivity index (χ3n) is 7.80. The van der Waals surface area contributed by atoms with Crippen molar-refractivity contribution in [3.63, 3.8) is 0 Å². The van der Waals surface area contributed by atoms with Gasteiger partial charge in [0.1, 0.15) is 18.6 Å². The minimum atomic E-state index is 0.223. The predicted molar refractivity (Wildman–Crippen MR) is 136 cm³/mol. The molecule has 2 saturated heterocycles. The monoisotopic (exact) mass is 491 g/mol. The van der Waals surface area contributed by atoms with Gasteiger partial charge in [0.05, 0.1) is 17.4 Å². The van der Waals surface area contributed by atoms with Gasteiger partial charge < -0.3 is 24.6 Å². The highest BCUT2D eigenvalue weighted by Gasteiger charge is 2.39. The molecule has 2 fully saturated rings. The van der Waals surface area contributed by atoms with Gasteiger partial charge in [0, 0.05) is 49.9 Å². The number of fused-ring (bicyclic) bond motifs is 3. The molecular formula is C26H33N7O3. The Morgan fingerprint density at radius 2 is 1.97 bits per heavy atom. The fourth-order valence-corrected chi connectivity index (χ4v) is 5.79. The van der Waals surface area contributed by atoms with E-state index in [0.29, 0.717) is 35.8 Å². The van der Waals surface area contributed by atoms with Crippen LogP contribution in [0.5, 0.6) is 11.6 Å². The van der Waals surface area contributed by atoms with Crippen LogP contribution in [0.4, 0.5) is 11.5 Å². The van der Waals surface area contributed by atoms with Crippen LogP contribution in [0.1, 0.15) is 19.8 Å². The maximum atomic E-state index is 10.3. The number of benzene rings is 1. The number of likely N-dealkylation sites (tertiary alicyclic amines) is 1. The van der Waals surface area contributed by atoms with E-state index in [1.54, 1.807) is 12.1 Å². The van der Waals surface area contributed by atoms with E-state index in [2.05, 4.69) is 48.4 Å². The first-order chi connectivity index (χ1) is 17.7. The van der Waals surface area contributed by atoms with Crippen LogP contribution < -0.4 is 15.0 Å². The topological polar surface area (TPSA) is 103 Å². The van der Waals surface area contributed by atoms with E-state index in [4.69, 9.17) is 9.26 Å². The summed E-state index contributed by atoms with van der Waals surface area (Å²) in [4.78, 5) is 7.65. The predicted octanol–water partition coefficient (Wildman–Crippen LogP) is 2.69. The SMILES string of the molecule is CC1Nc2nnc(-c3ccccc3O)cc2N2CCN(C3CCN(CCOc4ccon4)CC3)CC12. The Labute approximate surface area is 210 Å². The van der Waals surface area contributed by atoms with Gasteiger partial charge in [-0.25, -0.2) is 0 Å². The number of anilines is 2. The highest BCUT2D eigenvalue weighted by atomic mass is 16.5. The molecule has 2 aromatic heterocycles. The number of nitrogens with one attached hydrogen (secondary N) is 1. The number of ether oxygens (including phenoxy) is 1. The Kier molecular flexibility index (Phi) is 6.37. The van der Waals surface area contributed by atoms with Crippen molar-refractivity contribution in [2.24, 2.45) is 0 Å². The van der Waals surface area contributed by atoms with E-state index in [1.165, 1.54) is 19.1 Å². The zero-order valence-corrected chi connectivity index (χ0v) is 20.6. The second kappa shape index (κ2) is 9.94. The van der Waals surface area contributed by atoms with Gasteiger partial charge in [-0.05, 0) is 56.2 Å². The summed E-state index contributed by atoms with van der Waals surface area (Å²) in [5.41, 5.74) is 2.48. The van der Waals surface area contributed by atoms with E-state index in [1.807, 2.05) is 18.2 Å². The zero-order valence-electron chi connectivity index (χ0n) is 20.6. The van der Waals surface area contributed by atoms with Gasteiger partial charge in [-0.2, -0.15) is 0 Å². The number of rotatable bonds is 6. The quantitative estimate of drug-likeness (QED) is 0.535. The van der Waals surface area contributed by atoms with Crippen LogP contribution in [0.3, 0.4) is 0 Å². The van der Waals surface area contributed by atoms with E-state index in [9.17, 15) is 5.11 Å². The highest BCUT2D eigenvalue weighted by Crippen LogP contribution is 2.38. The van der Waals surface area contributed by atoms with Crippen LogP contribution in [0.15, 0.2) is 47.2 Å². The summed E-state index contributed by atoms with van der Waals surface area (Å²) in [5, 5.41) is 26.6. The number of phenolic OH excluding ortho intramolecular Hbond substituents is 1. The fraction of sp³-hybridized carbons (Fsp3) is 0.500. The number of aromatic nitrogens is 3. The molecule has 0 saturated carbocycles. The molecule has 3 aliphatic heterocycles. The molecule has 36 heavy (non-hydrogen) atoms. The van der Waals surface area contributed by atoms with E-state index in [0.717, 1.165) is 50.8 Å². The van der Waals surface area contributed by atoms with Crippen LogP contribution in [0.2, 0.25) is 0 Å². The van der Waals surface area contributed by atoms with Crippen LogP contribution in [-0.2, 0) is 0 Å². The summed E-state index contributed by atoms with van der Waals surface area (Å²) in [6.07, 6.45) is 3.89. The maximum absolute atomic E-state index is 10.3. The molecule has 3 aliphatic rings. The van der Waals surface area contributed by atoms with E-state index in [-0.39, 0.29) is 11.8 Å². The lowest BCUT2D eigenvalue weighted by molar-refractivity contribution is 0.0819. The number of para-hydroxylation sites is 1. The average molecular weight is 492 g/mol. The van der Waals surface area contributed by atoms with Crippen LogP contribution >= 0.6 is 0 Å². The van der Waals surface area contributed by atoms with Crippen LogP contribution in [0, 0.1) is 0 Å². The lowest BCUT2D eigenvalue weighted by Crippen LogP contribution is -2.63. The molecule has 0 bridgehead atoms. The summed E-state index contributed by atoms with van der Waals surface area (Å²) in [7, 11) is 0. The molecule has 2 atom stereocenters. The Bertz CT molecular complexity index is 1170. The smallest absolute Gasteiger partial charge is 0.254 e. The second-order valence-electron chi connectivity index (χ2n) is 9.93. The van der Waals surface area contributed by atoms with Crippen molar-refractivity contribution in [3.8, 4) is 22.9 Å². The van der Waals surface area contributed by atoms with Crippen molar-refractivity contribution in [1.29, 1.82) is 0 Å². The molecule has 0 radical (unpaired) electrons. The first kappa shape index (κ1) is 23.1. The molecule has 3 aromatic rings. The molecule has 10 nitrogen and oxygen atoms in total. The van der Waals surface area contributed by atoms with Crippen LogP contribution in [-0.4, -0.2) is 94.3 Å². The number of nitrogens with zero attached hydrogens (tertiary/aromatic N) is 6. The molecule has 190 valence electrons. The molecule has 10 heteroatoms. The molecule has 0 amide bonds. The summed E-state index contributed by atoms with van der Waals surface area (Å²) in [5.74, 6) is 1.60. The molecule has 1 aromatic carbocycles. The van der Waals surface area contributed by atoms with Gasteiger partial charge in [-0.1, -0.05) is 12.1 Å². The van der Waals surface area contributed by atoms with Gasteiger partial charge in [0.2, 0.25) is 0 Å². The van der Waals surface area contributed by atoms with Gasteiger partial charge in [0.15, 0.2) is 5.82 Å². The third-order valence-corrected chi connectivity index (χ3v) is 7.80. The Morgan fingerprint density at radius 1 is 1.11 bits per heavy atom. The van der Waals surface area contributed by atoms with Crippen molar-refractivity contribution < 1.29 is 14.4 Å². The summed E-state index contributed by atoms with van der Waals surface area (Å²) in [6, 6.07) is 12.4. The molecule has 5 heterocycles. The first-order valence-electron chi connectivity index (χ1n) is 12.8. The lowest BCUT2D eigenvalue weighted by Gasteiger charge is -2.51. The van der Waals surface area contributed by atoms with E-state index >= 15 is 0 Å². The Morgan fingerprint density at radius 3 is 2.78 bits per heavy atom. The normalized spacial score (nSPS) is 23.1. The number of hydrogen-bond donors (Lipinski definition) is 2. The minimum absolute atomic E-state index is 0.223. The third kappa shape index (κ3) is 4.58. The first-order valence-corrected chi connectivity index (χ1v) is 12.8. The van der Waals surface area contributed by atoms with Gasteiger partial charge in [-0.3, -0.25) is 9.80 Å². The van der Waals surface area contributed by atoms with Crippen molar-refractivity contribution >= 4 is 11.5 Å². The van der Waals surface area contributed by atoms with Crippen molar-refractivity contribution in [2.45, 2.75) is 37.9 Å². The minimum Gasteiger partial charge on any atom is -0.507 e. The number of phenols is 1. The molecule has 2 unspecified atom stereocenters. The number of hydrogen-bond acceptors (Lipinski definition) is 10. The molecule has 0 aliphatic carbocycles. The van der Waals surface area contributed by atoms with Crippen molar-refractivity contribution in [1.82, 2.24) is 25.2 Å².